The number of carbonyl (C=O) groups excluding carboxylic acids is 7. The number of urea groups is 1. The van der Waals surface area contributed by atoms with Crippen molar-refractivity contribution >= 4 is 58.9 Å². The smallest absolute Gasteiger partial charge is 0.312 e. The Balaban J connectivity index is 1.75. The molecule has 0 radical (unpaired) electrons. The summed E-state index contributed by atoms with van der Waals surface area (Å²) in [6.07, 6.45) is 0.0303. The molecule has 1 aliphatic rings. The van der Waals surface area contributed by atoms with E-state index < -0.39 is 58.8 Å². The summed E-state index contributed by atoms with van der Waals surface area (Å²) < 4.78 is 0. The van der Waals surface area contributed by atoms with Gasteiger partial charge in [-0.3, -0.25) is 28.8 Å². The van der Waals surface area contributed by atoms with E-state index >= 15 is 0 Å². The van der Waals surface area contributed by atoms with Crippen molar-refractivity contribution < 1.29 is 54.0 Å². The third-order valence-corrected chi connectivity index (χ3v) is 10.9. The Bertz CT molecular complexity index is 1550. The molecular formula is C39H64N8O11S. The topological polar surface area (TPSA) is 302 Å². The van der Waals surface area contributed by atoms with Crippen LogP contribution in [-0.4, -0.2) is 135 Å². The number of nitrogens with zero attached hydrogens (tertiary/aromatic N) is 1. The van der Waals surface area contributed by atoms with Gasteiger partial charge in [-0.05, 0) is 49.3 Å². The Morgan fingerprint density at radius 2 is 1.56 bits per heavy atom. The lowest BCUT2D eigenvalue weighted by molar-refractivity contribution is -0.137. The van der Waals surface area contributed by atoms with E-state index in [9.17, 15) is 54.0 Å². The highest BCUT2D eigenvalue weighted by Crippen LogP contribution is 2.28. The average molecular weight is 853 g/mol. The van der Waals surface area contributed by atoms with Gasteiger partial charge >= 0.3 is 6.03 Å². The van der Waals surface area contributed by atoms with Crippen molar-refractivity contribution in [3.05, 3.63) is 29.8 Å². The molecule has 0 saturated carbocycles. The lowest BCUT2D eigenvalue weighted by Crippen LogP contribution is -2.54. The number of hydrogen-bond donors (Lipinski definition) is 11. The van der Waals surface area contributed by atoms with Gasteiger partial charge in [0.05, 0.1) is 18.5 Å². The van der Waals surface area contributed by atoms with E-state index in [2.05, 4.69) is 31.9 Å². The first-order chi connectivity index (χ1) is 27.9. The van der Waals surface area contributed by atoms with Crippen LogP contribution in [-0.2, 0) is 35.4 Å². The first-order valence-corrected chi connectivity index (χ1v) is 21.0. The van der Waals surface area contributed by atoms with Gasteiger partial charge in [0.1, 0.15) is 24.4 Å². The van der Waals surface area contributed by atoms with Gasteiger partial charge in [-0.15, -0.1) is 11.8 Å². The largest absolute Gasteiger partial charge is 0.396 e. The number of thioether (sulfide) groups is 1. The summed E-state index contributed by atoms with van der Waals surface area (Å²) in [6.45, 7) is 6.83. The maximum absolute atomic E-state index is 13.4. The molecule has 0 aliphatic carbocycles. The van der Waals surface area contributed by atoms with E-state index in [1.54, 1.807) is 52.0 Å². The maximum Gasteiger partial charge on any atom is 0.312 e. The number of benzene rings is 1. The number of hydrogen-bond acceptors (Lipinski definition) is 12. The quantitative estimate of drug-likeness (QED) is 0.0495. The minimum Gasteiger partial charge on any atom is -0.396 e. The number of rotatable bonds is 27. The van der Waals surface area contributed by atoms with Crippen molar-refractivity contribution in [1.82, 2.24) is 31.5 Å². The van der Waals surface area contributed by atoms with E-state index in [1.807, 2.05) is 0 Å². The molecular weight excluding hydrogens is 789 g/mol. The van der Waals surface area contributed by atoms with Crippen LogP contribution in [0.15, 0.2) is 24.3 Å². The number of aliphatic hydroxyl groups is 4. The molecule has 5 atom stereocenters. The summed E-state index contributed by atoms with van der Waals surface area (Å²) >= 11 is 1.32. The summed E-state index contributed by atoms with van der Waals surface area (Å²) in [5.41, 5.74) is 5.23. The summed E-state index contributed by atoms with van der Waals surface area (Å²) in [7, 11) is 0. The Morgan fingerprint density at radius 1 is 0.864 bits per heavy atom. The highest BCUT2D eigenvalue weighted by molar-refractivity contribution is 8.00. The number of amides is 8. The third-order valence-electron chi connectivity index (χ3n) is 9.71. The first-order valence-electron chi connectivity index (χ1n) is 20.0. The molecule has 1 heterocycles. The van der Waals surface area contributed by atoms with E-state index in [4.69, 9.17) is 5.73 Å². The summed E-state index contributed by atoms with van der Waals surface area (Å²) in [5.74, 6) is -2.52. The molecule has 12 N–H and O–H groups in total. The van der Waals surface area contributed by atoms with Crippen LogP contribution in [0.2, 0.25) is 0 Å². The molecule has 19 nitrogen and oxygen atoms in total. The van der Waals surface area contributed by atoms with E-state index in [0.717, 1.165) is 0 Å². The molecule has 1 fully saturated rings. The maximum atomic E-state index is 13.4. The summed E-state index contributed by atoms with van der Waals surface area (Å²) in [4.78, 5) is 89.2. The van der Waals surface area contributed by atoms with Gasteiger partial charge in [0.15, 0.2) is 0 Å². The molecule has 2 rings (SSSR count). The van der Waals surface area contributed by atoms with Crippen molar-refractivity contribution in [1.29, 1.82) is 0 Å². The van der Waals surface area contributed by atoms with Crippen molar-refractivity contribution in [2.24, 2.45) is 17.1 Å². The number of likely N-dealkylation sites (tertiary alicyclic amines) is 1. The SMILES string of the molecule is CC(C)C(NC(=O)CCCCCN1C(=O)C(SCCNC(=O)CCNC(=O)C(O)C(C)(C)CO)CC1O)C(=O)NC(CCCNC(N)=O)C(=O)Nc1ccc(CO)cc1. The van der Waals surface area contributed by atoms with Crippen molar-refractivity contribution in [3.8, 4) is 0 Å². The minimum atomic E-state index is -1.42. The zero-order chi connectivity index (χ0) is 44.1. The zero-order valence-electron chi connectivity index (χ0n) is 34.5. The lowest BCUT2D eigenvalue weighted by Gasteiger charge is -2.27. The van der Waals surface area contributed by atoms with Crippen molar-refractivity contribution in [2.45, 2.75) is 115 Å². The molecule has 5 unspecified atom stereocenters. The second kappa shape index (κ2) is 25.9. The van der Waals surface area contributed by atoms with Crippen LogP contribution in [0.3, 0.4) is 0 Å². The van der Waals surface area contributed by atoms with E-state index in [0.29, 0.717) is 49.2 Å². The van der Waals surface area contributed by atoms with Gasteiger partial charge in [-0.25, -0.2) is 4.79 Å². The first kappa shape index (κ1) is 50.6. The highest BCUT2D eigenvalue weighted by Gasteiger charge is 2.38. The summed E-state index contributed by atoms with van der Waals surface area (Å²) in [5, 5.41) is 54.6. The standard InChI is InChI=1S/C39H64N8O11S/c1-24(2)32(35(55)45-27(9-8-16-43-38(40)58)34(54)44-26-13-11-25(22-48)12-14-26)46-30(51)10-6-5-7-19-47-31(52)21-28(37(47)57)59-20-18-41-29(50)15-17-42-36(56)33(53)39(3,4)23-49/h11-14,24,27-28,31-33,48-49,52-53H,5-10,15-23H2,1-4H3,(H,41,50)(H,42,56)(H,44,54)(H,45,55)(H,46,51)(H3,40,43,58). The highest BCUT2D eigenvalue weighted by atomic mass is 32.2. The number of nitrogens with two attached hydrogens (primary N) is 1. The van der Waals surface area contributed by atoms with Crippen LogP contribution in [0.25, 0.3) is 0 Å². The third kappa shape index (κ3) is 18.1. The fourth-order valence-electron chi connectivity index (χ4n) is 5.96. The Hall–Kier alpha value is -4.50. The van der Waals surface area contributed by atoms with Crippen LogP contribution in [0.1, 0.15) is 84.6 Å². The van der Waals surface area contributed by atoms with Crippen LogP contribution in [0, 0.1) is 11.3 Å². The molecule has 0 bridgehead atoms. The molecule has 0 aromatic heterocycles. The predicted octanol–water partition coefficient (Wildman–Crippen LogP) is -0.594. The molecule has 20 heteroatoms. The normalized spacial score (nSPS) is 16.8. The molecule has 1 aromatic rings. The van der Waals surface area contributed by atoms with Gasteiger partial charge in [0.25, 0.3) is 0 Å². The Kier molecular flexibility index (Phi) is 22.2. The molecule has 1 saturated heterocycles. The molecule has 1 aliphatic heterocycles. The monoisotopic (exact) mass is 852 g/mol. The van der Waals surface area contributed by atoms with Gasteiger partial charge in [0, 0.05) is 62.3 Å². The number of aliphatic hydroxyl groups excluding tert-OH is 4. The van der Waals surface area contributed by atoms with Gasteiger partial charge in [-0.2, -0.15) is 0 Å². The van der Waals surface area contributed by atoms with Crippen LogP contribution < -0.4 is 37.6 Å². The Labute approximate surface area is 349 Å². The van der Waals surface area contributed by atoms with Crippen LogP contribution >= 0.6 is 11.8 Å². The number of primary amides is 1. The van der Waals surface area contributed by atoms with Crippen LogP contribution in [0.4, 0.5) is 10.5 Å². The molecule has 8 amide bonds. The predicted molar refractivity (Wildman–Crippen MR) is 221 cm³/mol. The van der Waals surface area contributed by atoms with Gasteiger partial charge in [-0.1, -0.05) is 46.2 Å². The fraction of sp³-hybridized carbons (Fsp3) is 0.667. The van der Waals surface area contributed by atoms with Crippen molar-refractivity contribution in [2.75, 3.05) is 43.9 Å². The van der Waals surface area contributed by atoms with Gasteiger partial charge < -0.3 is 63.0 Å². The van der Waals surface area contributed by atoms with Crippen LogP contribution in [0.5, 0.6) is 0 Å². The second-order valence-electron chi connectivity index (χ2n) is 15.5. The number of carbonyl (C=O) groups is 7. The fourth-order valence-corrected chi connectivity index (χ4v) is 7.05. The summed E-state index contributed by atoms with van der Waals surface area (Å²) in [6, 6.07) is 3.89. The molecule has 59 heavy (non-hydrogen) atoms. The number of nitrogens with one attached hydrogen (secondary N) is 6. The van der Waals surface area contributed by atoms with Gasteiger partial charge in [0.2, 0.25) is 35.4 Å². The average Bonchev–Trinajstić information content (AvgIpc) is 3.46. The second-order valence-corrected chi connectivity index (χ2v) is 16.8. The molecule has 0 spiro atoms. The van der Waals surface area contributed by atoms with E-state index in [1.165, 1.54) is 16.7 Å². The number of anilines is 1. The minimum absolute atomic E-state index is 0.00659. The molecule has 1 aromatic carbocycles. The zero-order valence-corrected chi connectivity index (χ0v) is 35.3. The van der Waals surface area contributed by atoms with Crippen molar-refractivity contribution in [3.63, 3.8) is 0 Å². The lowest BCUT2D eigenvalue weighted by atomic mass is 9.87. The molecule has 332 valence electrons. The van der Waals surface area contributed by atoms with E-state index in [-0.39, 0.29) is 82.2 Å². The Morgan fingerprint density at radius 3 is 2.19 bits per heavy atom. The number of unbranched alkanes of at least 4 members (excludes halogenated alkanes) is 2.